The fourth-order valence-corrected chi connectivity index (χ4v) is 2.21. The highest BCUT2D eigenvalue weighted by atomic mass is 16.6. The van der Waals surface area contributed by atoms with E-state index >= 15 is 0 Å². The minimum Gasteiger partial charge on any atom is -0.462 e. The maximum atomic E-state index is 11.9. The van der Waals surface area contributed by atoms with Crippen molar-refractivity contribution in [2.24, 2.45) is 5.41 Å². The van der Waals surface area contributed by atoms with Crippen LogP contribution in [0.25, 0.3) is 0 Å². The molecule has 0 radical (unpaired) electrons. The number of carbonyl (C=O) groups excluding carboxylic acids is 1. The monoisotopic (exact) mass is 326 g/mol. The Balaban J connectivity index is 2.07. The van der Waals surface area contributed by atoms with E-state index in [4.69, 9.17) is 9.47 Å². The number of hydrogen-bond donors (Lipinski definition) is 2. The highest BCUT2D eigenvalue weighted by Crippen LogP contribution is 2.28. The molecule has 0 aliphatic carbocycles. The predicted molar refractivity (Wildman–Crippen MR) is 81.0 cm³/mol. The number of carbonyl (C=O) groups is 1. The van der Waals surface area contributed by atoms with Gasteiger partial charge in [0, 0.05) is 18.2 Å². The normalized spacial score (nSPS) is 24.7. The molecule has 2 rings (SSSR count). The molecule has 0 bridgehead atoms. The van der Waals surface area contributed by atoms with Crippen molar-refractivity contribution < 1.29 is 19.4 Å². The smallest absolute Gasteiger partial charge is 0.330 e. The van der Waals surface area contributed by atoms with Gasteiger partial charge < -0.3 is 14.6 Å². The molecule has 0 spiro atoms. The SMILES string of the molecule is Cc1cn([C@@H]2C[C@H](O)[C@H](COC(=O)C(C)(C)C)O2)c(=O)[nH]c1=O. The Morgan fingerprint density at radius 2 is 2.13 bits per heavy atom. The third kappa shape index (κ3) is 3.89. The van der Waals surface area contributed by atoms with Gasteiger partial charge in [-0.05, 0) is 27.7 Å². The van der Waals surface area contributed by atoms with Crippen LogP contribution in [0.5, 0.6) is 0 Å². The number of aryl methyl sites for hydroxylation is 1. The van der Waals surface area contributed by atoms with Crippen LogP contribution in [-0.2, 0) is 14.3 Å². The second kappa shape index (κ2) is 6.29. The largest absolute Gasteiger partial charge is 0.462 e. The van der Waals surface area contributed by atoms with Crippen molar-refractivity contribution >= 4 is 5.97 Å². The van der Waals surface area contributed by atoms with Crippen LogP contribution in [0.3, 0.4) is 0 Å². The zero-order valence-corrected chi connectivity index (χ0v) is 13.7. The van der Waals surface area contributed by atoms with Crippen molar-refractivity contribution in [2.45, 2.75) is 52.6 Å². The predicted octanol–water partition coefficient (Wildman–Crippen LogP) is 0.0827. The van der Waals surface area contributed by atoms with E-state index in [9.17, 15) is 19.5 Å². The first-order chi connectivity index (χ1) is 10.6. The maximum absolute atomic E-state index is 11.9. The van der Waals surface area contributed by atoms with Gasteiger partial charge in [-0.15, -0.1) is 0 Å². The Hall–Kier alpha value is -1.93. The number of hydrogen-bond acceptors (Lipinski definition) is 6. The summed E-state index contributed by atoms with van der Waals surface area (Å²) in [7, 11) is 0. The average molecular weight is 326 g/mol. The maximum Gasteiger partial charge on any atom is 0.330 e. The molecule has 1 aliphatic heterocycles. The van der Waals surface area contributed by atoms with Crippen LogP contribution < -0.4 is 11.2 Å². The Morgan fingerprint density at radius 3 is 2.74 bits per heavy atom. The van der Waals surface area contributed by atoms with Gasteiger partial charge >= 0.3 is 11.7 Å². The highest BCUT2D eigenvalue weighted by Gasteiger charge is 2.37. The van der Waals surface area contributed by atoms with E-state index in [0.29, 0.717) is 5.56 Å². The van der Waals surface area contributed by atoms with Crippen LogP contribution in [0, 0.1) is 12.3 Å². The molecule has 128 valence electrons. The second-order valence-corrected chi connectivity index (χ2v) is 6.76. The number of rotatable bonds is 3. The third-order valence-corrected chi connectivity index (χ3v) is 3.65. The number of aromatic nitrogens is 2. The minimum atomic E-state index is -0.869. The van der Waals surface area contributed by atoms with E-state index in [1.165, 1.54) is 10.8 Å². The van der Waals surface area contributed by atoms with Gasteiger partial charge in [0.25, 0.3) is 5.56 Å². The molecule has 0 amide bonds. The van der Waals surface area contributed by atoms with Crippen molar-refractivity contribution in [3.63, 3.8) is 0 Å². The quantitative estimate of drug-likeness (QED) is 0.761. The Bertz CT molecular complexity index is 699. The molecule has 2 N–H and O–H groups in total. The Kier molecular flexibility index (Phi) is 4.76. The van der Waals surface area contributed by atoms with Gasteiger partial charge in [-0.2, -0.15) is 0 Å². The molecule has 8 nitrogen and oxygen atoms in total. The fraction of sp³-hybridized carbons (Fsp3) is 0.667. The number of H-pyrrole nitrogens is 1. The van der Waals surface area contributed by atoms with Crippen molar-refractivity contribution in [3.8, 4) is 0 Å². The molecule has 1 saturated heterocycles. The number of ether oxygens (including phenoxy) is 2. The summed E-state index contributed by atoms with van der Waals surface area (Å²) in [4.78, 5) is 37.2. The molecule has 1 fully saturated rings. The number of aliphatic hydroxyl groups excluding tert-OH is 1. The summed E-state index contributed by atoms with van der Waals surface area (Å²) in [5.74, 6) is -0.395. The van der Waals surface area contributed by atoms with Gasteiger partial charge in [-0.25, -0.2) is 4.79 Å². The van der Waals surface area contributed by atoms with E-state index in [-0.39, 0.29) is 13.0 Å². The molecule has 1 aromatic rings. The number of esters is 1. The summed E-state index contributed by atoms with van der Waals surface area (Å²) >= 11 is 0. The van der Waals surface area contributed by atoms with Gasteiger partial charge in [0.2, 0.25) is 0 Å². The van der Waals surface area contributed by atoms with E-state index in [1.807, 2.05) is 0 Å². The molecule has 0 aromatic carbocycles. The molecule has 1 aliphatic rings. The molecule has 8 heteroatoms. The van der Waals surface area contributed by atoms with Crippen molar-refractivity contribution in [2.75, 3.05) is 6.61 Å². The number of nitrogens with zero attached hydrogens (tertiary/aromatic N) is 1. The number of aliphatic hydroxyl groups is 1. The molecule has 2 heterocycles. The van der Waals surface area contributed by atoms with Crippen LogP contribution in [0.1, 0.15) is 39.0 Å². The van der Waals surface area contributed by atoms with Gasteiger partial charge in [0.15, 0.2) is 0 Å². The summed E-state index contributed by atoms with van der Waals surface area (Å²) in [6, 6.07) is 0. The van der Waals surface area contributed by atoms with Crippen molar-refractivity contribution in [3.05, 3.63) is 32.6 Å². The lowest BCUT2D eigenvalue weighted by atomic mass is 9.97. The van der Waals surface area contributed by atoms with E-state index < -0.39 is 41.1 Å². The Morgan fingerprint density at radius 1 is 1.48 bits per heavy atom. The summed E-state index contributed by atoms with van der Waals surface area (Å²) in [6.07, 6.45) is -0.741. The molecule has 0 unspecified atom stereocenters. The first kappa shape index (κ1) is 17.4. The molecule has 0 saturated carbocycles. The standard InChI is InChI=1S/C15H22N2O6/c1-8-6-17(14(21)16-12(8)19)11-5-9(18)10(23-11)7-22-13(20)15(2,3)4/h6,9-11,18H,5,7H2,1-4H3,(H,16,19,21)/t9-,10-,11-/m0/s1. The van der Waals surface area contributed by atoms with Gasteiger partial charge in [-0.3, -0.25) is 19.1 Å². The van der Waals surface area contributed by atoms with Crippen LogP contribution in [0.2, 0.25) is 0 Å². The van der Waals surface area contributed by atoms with Crippen molar-refractivity contribution in [1.82, 2.24) is 9.55 Å². The lowest BCUT2D eigenvalue weighted by molar-refractivity contribution is -0.159. The van der Waals surface area contributed by atoms with Gasteiger partial charge in [0.05, 0.1) is 11.5 Å². The lowest BCUT2D eigenvalue weighted by Crippen LogP contribution is -2.34. The van der Waals surface area contributed by atoms with Crippen LogP contribution in [-0.4, -0.2) is 39.4 Å². The van der Waals surface area contributed by atoms with Crippen LogP contribution >= 0.6 is 0 Å². The summed E-state index contributed by atoms with van der Waals surface area (Å²) in [5, 5.41) is 10.0. The third-order valence-electron chi connectivity index (χ3n) is 3.65. The zero-order chi connectivity index (χ0) is 17.4. The molecule has 23 heavy (non-hydrogen) atoms. The Labute approximate surface area is 133 Å². The molecule has 1 aromatic heterocycles. The van der Waals surface area contributed by atoms with E-state index in [1.54, 1.807) is 27.7 Å². The molecular formula is C15H22N2O6. The van der Waals surface area contributed by atoms with Crippen LogP contribution in [0.15, 0.2) is 15.8 Å². The van der Waals surface area contributed by atoms with Crippen LogP contribution in [0.4, 0.5) is 0 Å². The summed E-state index contributed by atoms with van der Waals surface area (Å²) in [6.45, 7) is 6.67. The van der Waals surface area contributed by atoms with E-state index in [2.05, 4.69) is 4.98 Å². The lowest BCUT2D eigenvalue weighted by Gasteiger charge is -2.20. The summed E-state index contributed by atoms with van der Waals surface area (Å²) < 4.78 is 12.0. The topological polar surface area (TPSA) is 111 Å². The zero-order valence-electron chi connectivity index (χ0n) is 13.7. The average Bonchev–Trinajstić information content (AvgIpc) is 2.80. The molecular weight excluding hydrogens is 304 g/mol. The number of nitrogens with one attached hydrogen (secondary N) is 1. The summed E-state index contributed by atoms with van der Waals surface area (Å²) in [5.41, 5.74) is -1.34. The van der Waals surface area contributed by atoms with E-state index in [0.717, 1.165) is 0 Å². The number of aromatic amines is 1. The second-order valence-electron chi connectivity index (χ2n) is 6.76. The minimum absolute atomic E-state index is 0.0924. The first-order valence-electron chi connectivity index (χ1n) is 7.42. The first-order valence-corrected chi connectivity index (χ1v) is 7.42. The van der Waals surface area contributed by atoms with Crippen molar-refractivity contribution in [1.29, 1.82) is 0 Å². The van der Waals surface area contributed by atoms with Gasteiger partial charge in [0.1, 0.15) is 18.9 Å². The fourth-order valence-electron chi connectivity index (χ4n) is 2.21. The highest BCUT2D eigenvalue weighted by molar-refractivity contribution is 5.75. The van der Waals surface area contributed by atoms with Gasteiger partial charge in [-0.1, -0.05) is 0 Å². The molecule has 3 atom stereocenters.